The fourth-order valence-electron chi connectivity index (χ4n) is 2.91. The molecule has 1 heterocycles. The summed E-state index contributed by atoms with van der Waals surface area (Å²) >= 11 is 6.16. The molecule has 0 saturated heterocycles. The second-order valence-corrected chi connectivity index (χ2v) is 7.26. The largest absolute Gasteiger partial charge is 0.441 e. The molecule has 0 aliphatic rings. The molecule has 1 N–H and O–H groups in total. The topological polar surface area (TPSA) is 81.2 Å². The summed E-state index contributed by atoms with van der Waals surface area (Å²) in [6, 6.07) is 10.5. The lowest BCUT2D eigenvalue weighted by atomic mass is 9.94. The molecule has 0 aliphatic carbocycles. The third-order valence-electron chi connectivity index (χ3n) is 4.41. The SMILES string of the molecule is CC(C)(NCCc1ncc(-c2cccc([N+](=O)[O-])c2)o1)c1ccc(F)cc1Cl. The Morgan fingerprint density at radius 2 is 2.07 bits per heavy atom. The van der Waals surface area contributed by atoms with E-state index < -0.39 is 10.5 Å². The third kappa shape index (κ3) is 4.55. The van der Waals surface area contributed by atoms with Gasteiger partial charge in [0.2, 0.25) is 0 Å². The molecule has 0 spiro atoms. The number of nitro benzene ring substituents is 1. The van der Waals surface area contributed by atoms with Gasteiger partial charge < -0.3 is 9.73 Å². The predicted octanol–water partition coefficient (Wildman–Crippen LogP) is 5.11. The number of nitrogens with one attached hydrogen (secondary N) is 1. The summed E-state index contributed by atoms with van der Waals surface area (Å²) in [4.78, 5) is 14.7. The average molecular weight is 404 g/mol. The molecule has 3 aromatic rings. The molecule has 0 fully saturated rings. The Hall–Kier alpha value is -2.77. The molecular formula is C20H19ClFN3O3. The van der Waals surface area contributed by atoms with Crippen LogP contribution in [0, 0.1) is 15.9 Å². The maximum atomic E-state index is 13.3. The maximum Gasteiger partial charge on any atom is 0.270 e. The zero-order valence-corrected chi connectivity index (χ0v) is 16.2. The highest BCUT2D eigenvalue weighted by molar-refractivity contribution is 6.31. The maximum absolute atomic E-state index is 13.3. The summed E-state index contributed by atoms with van der Waals surface area (Å²) in [6.07, 6.45) is 2.06. The predicted molar refractivity (Wildman–Crippen MR) is 105 cm³/mol. The van der Waals surface area contributed by atoms with Gasteiger partial charge in [-0.25, -0.2) is 9.37 Å². The van der Waals surface area contributed by atoms with Crippen LogP contribution in [0.4, 0.5) is 10.1 Å². The first-order valence-electron chi connectivity index (χ1n) is 8.66. The van der Waals surface area contributed by atoms with E-state index in [1.165, 1.54) is 24.3 Å². The monoisotopic (exact) mass is 403 g/mol. The minimum Gasteiger partial charge on any atom is -0.441 e. The van der Waals surface area contributed by atoms with Gasteiger partial charge in [0.15, 0.2) is 11.7 Å². The molecule has 146 valence electrons. The van der Waals surface area contributed by atoms with E-state index in [4.69, 9.17) is 16.0 Å². The highest BCUT2D eigenvalue weighted by Gasteiger charge is 2.23. The number of halogens is 2. The standard InChI is InChI=1S/C20H19ClFN3O3/c1-20(2,16-7-6-14(22)11-17(16)21)24-9-8-19-23-12-18(28-19)13-4-3-5-15(10-13)25(26)27/h3-7,10-12,24H,8-9H2,1-2H3. The van der Waals surface area contributed by atoms with E-state index in [-0.39, 0.29) is 11.5 Å². The molecule has 1 aromatic heterocycles. The smallest absolute Gasteiger partial charge is 0.270 e. The van der Waals surface area contributed by atoms with Gasteiger partial charge in [-0.05, 0) is 31.5 Å². The van der Waals surface area contributed by atoms with E-state index in [1.54, 1.807) is 24.4 Å². The number of aromatic nitrogens is 1. The summed E-state index contributed by atoms with van der Waals surface area (Å²) in [5.41, 5.74) is 0.912. The fraction of sp³-hybridized carbons (Fsp3) is 0.250. The van der Waals surface area contributed by atoms with Gasteiger partial charge in [0.1, 0.15) is 5.82 Å². The van der Waals surface area contributed by atoms with Gasteiger partial charge in [-0.3, -0.25) is 10.1 Å². The number of nitrogens with zero attached hydrogens (tertiary/aromatic N) is 2. The highest BCUT2D eigenvalue weighted by Crippen LogP contribution is 2.28. The lowest BCUT2D eigenvalue weighted by Crippen LogP contribution is -2.38. The number of hydrogen-bond donors (Lipinski definition) is 1. The van der Waals surface area contributed by atoms with Gasteiger partial charge in [-0.1, -0.05) is 29.8 Å². The minimum atomic E-state index is -0.472. The number of oxazole rings is 1. The first kappa shape index (κ1) is 20.0. The lowest BCUT2D eigenvalue weighted by Gasteiger charge is -2.28. The van der Waals surface area contributed by atoms with Crippen LogP contribution < -0.4 is 5.32 Å². The summed E-state index contributed by atoms with van der Waals surface area (Å²) in [7, 11) is 0. The quantitative estimate of drug-likeness (QED) is 0.438. The van der Waals surface area contributed by atoms with Crippen LogP contribution in [0.5, 0.6) is 0 Å². The first-order chi connectivity index (χ1) is 13.3. The van der Waals surface area contributed by atoms with Crippen molar-refractivity contribution in [1.29, 1.82) is 0 Å². The molecule has 3 rings (SSSR count). The zero-order chi connectivity index (χ0) is 20.3. The molecule has 0 saturated carbocycles. The molecule has 8 heteroatoms. The van der Waals surface area contributed by atoms with E-state index in [0.29, 0.717) is 35.2 Å². The van der Waals surface area contributed by atoms with Crippen molar-refractivity contribution in [1.82, 2.24) is 10.3 Å². The normalized spacial score (nSPS) is 11.6. The van der Waals surface area contributed by atoms with Crippen molar-refractivity contribution in [3.8, 4) is 11.3 Å². The van der Waals surface area contributed by atoms with Crippen LogP contribution in [-0.2, 0) is 12.0 Å². The molecule has 2 aromatic carbocycles. The van der Waals surface area contributed by atoms with Gasteiger partial charge >= 0.3 is 0 Å². The molecule has 28 heavy (non-hydrogen) atoms. The molecule has 0 aliphatic heterocycles. The molecular weight excluding hydrogens is 385 g/mol. The van der Waals surface area contributed by atoms with Gasteiger partial charge in [0.25, 0.3) is 5.69 Å². The van der Waals surface area contributed by atoms with E-state index >= 15 is 0 Å². The van der Waals surface area contributed by atoms with Crippen molar-refractivity contribution in [3.63, 3.8) is 0 Å². The summed E-state index contributed by atoms with van der Waals surface area (Å²) in [5, 5.41) is 14.6. The molecule has 0 unspecified atom stereocenters. The molecule has 6 nitrogen and oxygen atoms in total. The second-order valence-electron chi connectivity index (χ2n) is 6.85. The van der Waals surface area contributed by atoms with Crippen LogP contribution in [0.15, 0.2) is 53.1 Å². The number of non-ortho nitro benzene ring substituents is 1. The summed E-state index contributed by atoms with van der Waals surface area (Å²) in [5.74, 6) is 0.604. The summed E-state index contributed by atoms with van der Waals surface area (Å²) in [6.45, 7) is 4.46. The van der Waals surface area contributed by atoms with Crippen LogP contribution in [0.1, 0.15) is 25.3 Å². The van der Waals surface area contributed by atoms with E-state index in [0.717, 1.165) is 5.56 Å². The molecule has 0 radical (unpaired) electrons. The van der Waals surface area contributed by atoms with E-state index in [9.17, 15) is 14.5 Å². The highest BCUT2D eigenvalue weighted by atomic mass is 35.5. The van der Waals surface area contributed by atoms with E-state index in [1.807, 2.05) is 13.8 Å². The van der Waals surface area contributed by atoms with Gasteiger partial charge in [-0.15, -0.1) is 0 Å². The Labute approximate surface area is 166 Å². The number of nitro groups is 1. The lowest BCUT2D eigenvalue weighted by molar-refractivity contribution is -0.384. The van der Waals surface area contributed by atoms with Crippen LogP contribution in [0.2, 0.25) is 5.02 Å². The molecule has 0 bridgehead atoms. The second kappa shape index (κ2) is 8.08. The van der Waals surface area contributed by atoms with Crippen LogP contribution in [-0.4, -0.2) is 16.5 Å². The van der Waals surface area contributed by atoms with Crippen molar-refractivity contribution in [2.45, 2.75) is 25.8 Å². The van der Waals surface area contributed by atoms with Crippen molar-refractivity contribution < 1.29 is 13.7 Å². The Bertz CT molecular complexity index is 1000. The number of benzene rings is 2. The number of hydrogen-bond acceptors (Lipinski definition) is 5. The zero-order valence-electron chi connectivity index (χ0n) is 15.4. The minimum absolute atomic E-state index is 0.00459. The van der Waals surface area contributed by atoms with Gasteiger partial charge in [-0.2, -0.15) is 0 Å². The van der Waals surface area contributed by atoms with Crippen LogP contribution in [0.25, 0.3) is 11.3 Å². The third-order valence-corrected chi connectivity index (χ3v) is 4.72. The Kier molecular flexibility index (Phi) is 5.76. The fourth-order valence-corrected chi connectivity index (χ4v) is 3.31. The van der Waals surface area contributed by atoms with Crippen molar-refractivity contribution in [2.24, 2.45) is 0 Å². The van der Waals surface area contributed by atoms with Crippen LogP contribution in [0.3, 0.4) is 0 Å². The number of rotatable bonds is 7. The van der Waals surface area contributed by atoms with Crippen LogP contribution >= 0.6 is 11.6 Å². The Morgan fingerprint density at radius 1 is 1.29 bits per heavy atom. The molecule has 0 amide bonds. The average Bonchev–Trinajstić information content (AvgIpc) is 3.10. The van der Waals surface area contributed by atoms with Gasteiger partial charge in [0, 0.05) is 41.2 Å². The Balaban J connectivity index is 1.64. The molecule has 0 atom stereocenters. The first-order valence-corrected chi connectivity index (χ1v) is 9.04. The van der Waals surface area contributed by atoms with Gasteiger partial charge in [0.05, 0.1) is 11.1 Å². The van der Waals surface area contributed by atoms with Crippen molar-refractivity contribution in [3.05, 3.63) is 81.1 Å². The Morgan fingerprint density at radius 3 is 2.79 bits per heavy atom. The van der Waals surface area contributed by atoms with Crippen molar-refractivity contribution in [2.75, 3.05) is 6.54 Å². The van der Waals surface area contributed by atoms with Crippen molar-refractivity contribution >= 4 is 17.3 Å². The summed E-state index contributed by atoms with van der Waals surface area (Å²) < 4.78 is 19.0. The van der Waals surface area contributed by atoms with E-state index in [2.05, 4.69) is 10.3 Å².